The van der Waals surface area contributed by atoms with Crippen LogP contribution < -0.4 is 21.6 Å². The van der Waals surface area contributed by atoms with Gasteiger partial charge in [0.25, 0.3) is 0 Å². The Kier molecular flexibility index (Phi) is 7.57. The predicted octanol–water partition coefficient (Wildman–Crippen LogP) is 7.33. The van der Waals surface area contributed by atoms with E-state index in [1.165, 1.54) is 12.4 Å². The van der Waals surface area contributed by atoms with Crippen LogP contribution in [0.4, 0.5) is 24.5 Å². The highest BCUT2D eigenvalue weighted by molar-refractivity contribution is 6.35. The third kappa shape index (κ3) is 5.74. The summed E-state index contributed by atoms with van der Waals surface area (Å²) in [5.41, 5.74) is 9.76. The number of hydrazine groups is 2. The van der Waals surface area contributed by atoms with E-state index in [9.17, 15) is 18.4 Å². The van der Waals surface area contributed by atoms with E-state index in [0.717, 1.165) is 27.4 Å². The highest BCUT2D eigenvalue weighted by Crippen LogP contribution is 2.54. The number of benzene rings is 2. The van der Waals surface area contributed by atoms with Gasteiger partial charge in [-0.25, -0.2) is 0 Å². The molecule has 5 N–H and O–H groups in total. The SMILES string of the molecule is Cc1c(-c2ccn[nH]2)cccc1[C@H](Nc1cc(Cl)c2ncc(C#N)c(NCC(C)(C)C)c2c1)C1=CN(C2(C(F)(F)F)CC2)NN1. The number of halogens is 4. The number of aromatic nitrogens is 3. The van der Waals surface area contributed by atoms with Gasteiger partial charge in [-0.2, -0.15) is 23.5 Å². The molecule has 0 amide bonds. The molecule has 1 aliphatic heterocycles. The van der Waals surface area contributed by atoms with Crippen molar-refractivity contribution in [3.05, 3.63) is 82.4 Å². The standard InChI is InChI=1S/C32H33ClF3N9/c1-18-21(25-8-11-40-42-25)6-5-7-22(18)29(26-16-45(44-43-26)31(9-10-31)32(34,35)36)41-20-12-23-27(39-17-30(2,3)4)19(14-37)15-38-28(23)24(33)13-20/h5-8,11-13,15-16,29,41,43-44H,9-10,17H2,1-4H3,(H,38,39)(H,40,42)/t29-/m0/s1. The summed E-state index contributed by atoms with van der Waals surface area (Å²) >= 11 is 6.77. The van der Waals surface area contributed by atoms with Gasteiger partial charge in [0, 0.05) is 41.8 Å². The molecule has 0 radical (unpaired) electrons. The average molecular weight is 636 g/mol. The molecular weight excluding hydrogens is 603 g/mol. The molecule has 2 aliphatic rings. The molecule has 6 rings (SSSR count). The van der Waals surface area contributed by atoms with E-state index in [0.29, 0.717) is 45.1 Å². The van der Waals surface area contributed by atoms with Gasteiger partial charge in [0.15, 0.2) is 5.54 Å². The number of hydrogen-bond donors (Lipinski definition) is 5. The zero-order chi connectivity index (χ0) is 32.1. The maximum Gasteiger partial charge on any atom is 0.413 e. The molecule has 2 aromatic heterocycles. The average Bonchev–Trinajstić information content (AvgIpc) is 3.38. The van der Waals surface area contributed by atoms with E-state index in [2.05, 4.69) is 63.6 Å². The summed E-state index contributed by atoms with van der Waals surface area (Å²) < 4.78 is 42.1. The monoisotopic (exact) mass is 635 g/mol. The number of rotatable bonds is 8. The molecule has 3 heterocycles. The number of nitriles is 1. The second-order valence-corrected chi connectivity index (χ2v) is 13.1. The zero-order valence-corrected chi connectivity index (χ0v) is 26.0. The minimum absolute atomic E-state index is 0.000241. The maximum atomic E-state index is 14.0. The number of H-pyrrole nitrogens is 1. The minimum atomic E-state index is -4.40. The Hall–Kier alpha value is -4.47. The summed E-state index contributed by atoms with van der Waals surface area (Å²) in [6.07, 6.45) is 0.246. The number of nitrogens with one attached hydrogen (secondary N) is 5. The molecule has 1 atom stereocenters. The van der Waals surface area contributed by atoms with Crippen molar-refractivity contribution < 1.29 is 13.2 Å². The van der Waals surface area contributed by atoms with E-state index in [1.807, 2.05) is 37.3 Å². The van der Waals surface area contributed by atoms with Crippen LogP contribution in [0.25, 0.3) is 22.2 Å². The van der Waals surface area contributed by atoms with Crippen molar-refractivity contribution in [2.24, 2.45) is 5.41 Å². The van der Waals surface area contributed by atoms with Crippen LogP contribution in [0.3, 0.4) is 0 Å². The maximum absolute atomic E-state index is 14.0. The largest absolute Gasteiger partial charge is 0.413 e. The minimum Gasteiger partial charge on any atom is -0.383 e. The second-order valence-electron chi connectivity index (χ2n) is 12.7. The van der Waals surface area contributed by atoms with Crippen LogP contribution in [0, 0.1) is 23.7 Å². The Morgan fingerprint density at radius 1 is 1.18 bits per heavy atom. The molecule has 2 aromatic carbocycles. The Labute approximate surface area is 263 Å². The lowest BCUT2D eigenvalue weighted by Crippen LogP contribution is -2.52. The van der Waals surface area contributed by atoms with Gasteiger partial charge in [-0.3, -0.25) is 15.1 Å². The van der Waals surface area contributed by atoms with Crippen LogP contribution in [0.15, 0.2) is 60.7 Å². The molecule has 45 heavy (non-hydrogen) atoms. The highest BCUT2D eigenvalue weighted by atomic mass is 35.5. The first-order valence-electron chi connectivity index (χ1n) is 14.5. The molecule has 13 heteroatoms. The van der Waals surface area contributed by atoms with E-state index >= 15 is 0 Å². The van der Waals surface area contributed by atoms with Crippen molar-refractivity contribution in [1.82, 2.24) is 31.2 Å². The van der Waals surface area contributed by atoms with Crippen molar-refractivity contribution in [2.45, 2.75) is 58.3 Å². The van der Waals surface area contributed by atoms with Gasteiger partial charge in [-0.1, -0.05) is 50.6 Å². The first-order valence-corrected chi connectivity index (χ1v) is 14.9. The lowest BCUT2D eigenvalue weighted by atomic mass is 9.93. The van der Waals surface area contributed by atoms with Crippen LogP contribution in [-0.2, 0) is 0 Å². The molecule has 0 unspecified atom stereocenters. The van der Waals surface area contributed by atoms with Crippen molar-refractivity contribution in [1.29, 1.82) is 5.26 Å². The second kappa shape index (κ2) is 11.2. The molecule has 0 bridgehead atoms. The molecule has 0 spiro atoms. The highest BCUT2D eigenvalue weighted by Gasteiger charge is 2.67. The molecule has 234 valence electrons. The van der Waals surface area contributed by atoms with Crippen molar-refractivity contribution in [3.8, 4) is 17.3 Å². The Bertz CT molecular complexity index is 1820. The summed E-state index contributed by atoms with van der Waals surface area (Å²) in [5.74, 6) is 0. The van der Waals surface area contributed by atoms with Crippen molar-refractivity contribution in [3.63, 3.8) is 0 Å². The normalized spacial score (nSPS) is 16.6. The first-order chi connectivity index (χ1) is 21.3. The molecule has 4 aromatic rings. The van der Waals surface area contributed by atoms with Gasteiger partial charge in [-0.05, 0) is 54.5 Å². The van der Waals surface area contributed by atoms with Crippen LogP contribution in [-0.4, -0.2) is 38.5 Å². The van der Waals surface area contributed by atoms with Crippen molar-refractivity contribution >= 4 is 33.9 Å². The number of aromatic amines is 1. The van der Waals surface area contributed by atoms with Crippen molar-refractivity contribution in [2.75, 3.05) is 17.2 Å². The number of alkyl halides is 3. The molecule has 1 fully saturated rings. The van der Waals surface area contributed by atoms with E-state index in [-0.39, 0.29) is 18.3 Å². The molecule has 9 nitrogen and oxygen atoms in total. The van der Waals surface area contributed by atoms with E-state index < -0.39 is 17.8 Å². The van der Waals surface area contributed by atoms with Crippen LogP contribution in [0.1, 0.15) is 56.3 Å². The number of anilines is 2. The third-order valence-corrected chi connectivity index (χ3v) is 8.53. The van der Waals surface area contributed by atoms with Gasteiger partial charge < -0.3 is 16.1 Å². The van der Waals surface area contributed by atoms with Gasteiger partial charge >= 0.3 is 6.18 Å². The fraction of sp³-hybridized carbons (Fsp3) is 0.344. The topological polar surface area (TPSA) is 117 Å². The lowest BCUT2D eigenvalue weighted by Gasteiger charge is -2.28. The number of fused-ring (bicyclic) bond motifs is 1. The van der Waals surface area contributed by atoms with Gasteiger partial charge in [0.05, 0.1) is 39.2 Å². The third-order valence-electron chi connectivity index (χ3n) is 8.24. The summed E-state index contributed by atoms with van der Waals surface area (Å²) in [5, 5.41) is 26.0. The Morgan fingerprint density at radius 2 is 1.96 bits per heavy atom. The molecule has 1 aliphatic carbocycles. The van der Waals surface area contributed by atoms with Crippen LogP contribution in [0.5, 0.6) is 0 Å². The summed E-state index contributed by atoms with van der Waals surface area (Å²) in [6.45, 7) is 8.82. The molecule has 1 saturated carbocycles. The number of nitrogens with zero attached hydrogens (tertiary/aromatic N) is 4. The molecule has 0 saturated heterocycles. The lowest BCUT2D eigenvalue weighted by molar-refractivity contribution is -0.195. The number of pyridine rings is 1. The Morgan fingerprint density at radius 3 is 2.60 bits per heavy atom. The van der Waals surface area contributed by atoms with E-state index in [4.69, 9.17) is 11.6 Å². The van der Waals surface area contributed by atoms with Gasteiger partial charge in [0.2, 0.25) is 0 Å². The summed E-state index contributed by atoms with van der Waals surface area (Å²) in [6, 6.07) is 12.8. The predicted molar refractivity (Wildman–Crippen MR) is 169 cm³/mol. The fourth-order valence-electron chi connectivity index (χ4n) is 5.61. The Balaban J connectivity index is 1.46. The van der Waals surface area contributed by atoms with Crippen LogP contribution >= 0.6 is 11.6 Å². The summed E-state index contributed by atoms with van der Waals surface area (Å²) in [7, 11) is 0. The number of hydrogen-bond acceptors (Lipinski definition) is 8. The van der Waals surface area contributed by atoms with Gasteiger partial charge in [0.1, 0.15) is 6.07 Å². The van der Waals surface area contributed by atoms with E-state index in [1.54, 1.807) is 12.3 Å². The zero-order valence-electron chi connectivity index (χ0n) is 25.2. The van der Waals surface area contributed by atoms with Crippen LogP contribution in [0.2, 0.25) is 5.02 Å². The summed E-state index contributed by atoms with van der Waals surface area (Å²) in [4.78, 5) is 4.46. The molecular formula is C32H33ClF3N9. The fourth-order valence-corrected chi connectivity index (χ4v) is 5.88. The van der Waals surface area contributed by atoms with Gasteiger partial charge in [-0.15, -0.1) is 5.53 Å². The smallest absolute Gasteiger partial charge is 0.383 e. The quantitative estimate of drug-likeness (QED) is 0.137. The first kappa shape index (κ1) is 30.6.